The summed E-state index contributed by atoms with van der Waals surface area (Å²) in [5.74, 6) is 1.91. The molecule has 2 saturated heterocycles. The number of methoxy groups -OCH3 is 1. The Balaban J connectivity index is 1.47. The molecule has 0 aliphatic carbocycles. The van der Waals surface area contributed by atoms with Crippen LogP contribution in [0.3, 0.4) is 0 Å². The van der Waals surface area contributed by atoms with E-state index < -0.39 is 5.60 Å². The van der Waals surface area contributed by atoms with Gasteiger partial charge in [-0.25, -0.2) is 4.79 Å². The maximum atomic E-state index is 12.8. The second-order valence-corrected chi connectivity index (χ2v) is 9.66. The third-order valence-corrected chi connectivity index (χ3v) is 6.17. The second kappa shape index (κ2) is 9.48. The number of piperidine rings is 1. The van der Waals surface area contributed by atoms with Crippen LogP contribution in [0.15, 0.2) is 28.8 Å². The van der Waals surface area contributed by atoms with Crippen LogP contribution in [0.25, 0.3) is 11.4 Å². The van der Waals surface area contributed by atoms with Crippen LogP contribution in [0, 0.1) is 0 Å². The van der Waals surface area contributed by atoms with Crippen LogP contribution in [0.1, 0.15) is 58.8 Å². The number of benzene rings is 1. The lowest BCUT2D eigenvalue weighted by Crippen LogP contribution is -2.53. The zero-order valence-corrected chi connectivity index (χ0v) is 19.5. The molecule has 0 unspecified atom stereocenters. The maximum absolute atomic E-state index is 12.8. The van der Waals surface area contributed by atoms with Gasteiger partial charge in [-0.15, -0.1) is 0 Å². The van der Waals surface area contributed by atoms with Gasteiger partial charge in [0.1, 0.15) is 11.4 Å². The van der Waals surface area contributed by atoms with Crippen molar-refractivity contribution in [2.45, 2.75) is 77.1 Å². The fourth-order valence-corrected chi connectivity index (χ4v) is 4.76. The van der Waals surface area contributed by atoms with Crippen LogP contribution in [-0.4, -0.2) is 63.9 Å². The molecule has 2 aliphatic heterocycles. The minimum absolute atomic E-state index is 0.158. The first-order valence-electron chi connectivity index (χ1n) is 11.5. The highest BCUT2D eigenvalue weighted by Crippen LogP contribution is 2.31. The fourth-order valence-electron chi connectivity index (χ4n) is 4.76. The number of hydrogen-bond donors (Lipinski definition) is 0. The van der Waals surface area contributed by atoms with Crippen LogP contribution in [-0.2, 0) is 11.3 Å². The first-order valence-corrected chi connectivity index (χ1v) is 11.5. The van der Waals surface area contributed by atoms with Crippen molar-refractivity contribution < 1.29 is 18.8 Å². The Morgan fingerprint density at radius 2 is 1.97 bits per heavy atom. The van der Waals surface area contributed by atoms with E-state index in [-0.39, 0.29) is 18.2 Å². The molecule has 0 radical (unpaired) electrons. The van der Waals surface area contributed by atoms with Crippen LogP contribution in [0.4, 0.5) is 4.79 Å². The lowest BCUT2D eigenvalue weighted by atomic mass is 9.94. The molecule has 1 aromatic carbocycles. The number of rotatable bonds is 5. The Kier molecular flexibility index (Phi) is 6.69. The van der Waals surface area contributed by atoms with E-state index in [9.17, 15) is 4.79 Å². The molecule has 3 heterocycles. The molecule has 32 heavy (non-hydrogen) atoms. The molecule has 8 nitrogen and oxygen atoms in total. The first kappa shape index (κ1) is 22.6. The number of carbonyl (C=O) groups is 1. The molecule has 8 heteroatoms. The summed E-state index contributed by atoms with van der Waals surface area (Å²) in [6, 6.07) is 8.07. The largest absolute Gasteiger partial charge is 0.497 e. The number of likely N-dealkylation sites (tertiary alicyclic amines) is 2. The van der Waals surface area contributed by atoms with E-state index in [1.165, 1.54) is 6.42 Å². The summed E-state index contributed by atoms with van der Waals surface area (Å²) < 4.78 is 16.6. The SMILES string of the molecule is COc1cccc(-c2noc(CN3CCCC[C@@H]3[C@H]3CCCN3C(=O)OC(C)(C)C)n2)c1. The summed E-state index contributed by atoms with van der Waals surface area (Å²) in [5.41, 5.74) is 0.373. The predicted octanol–water partition coefficient (Wildman–Crippen LogP) is 4.50. The topological polar surface area (TPSA) is 80.9 Å². The second-order valence-electron chi connectivity index (χ2n) is 9.66. The highest BCUT2D eigenvalue weighted by molar-refractivity contribution is 5.69. The molecule has 4 rings (SSSR count). The van der Waals surface area contributed by atoms with E-state index in [4.69, 9.17) is 14.0 Å². The van der Waals surface area contributed by atoms with Crippen molar-refractivity contribution in [1.29, 1.82) is 0 Å². The minimum Gasteiger partial charge on any atom is -0.497 e. The van der Waals surface area contributed by atoms with Crippen LogP contribution < -0.4 is 4.74 Å². The molecule has 1 amide bonds. The van der Waals surface area contributed by atoms with Crippen LogP contribution in [0.5, 0.6) is 5.75 Å². The number of ether oxygens (including phenoxy) is 2. The Morgan fingerprint density at radius 3 is 2.75 bits per heavy atom. The quantitative estimate of drug-likeness (QED) is 0.674. The predicted molar refractivity (Wildman–Crippen MR) is 120 cm³/mol. The average Bonchev–Trinajstić information content (AvgIpc) is 3.43. The van der Waals surface area contributed by atoms with Gasteiger partial charge in [-0.3, -0.25) is 4.90 Å². The minimum atomic E-state index is -0.489. The van der Waals surface area contributed by atoms with E-state index in [2.05, 4.69) is 15.0 Å². The molecule has 0 bridgehead atoms. The number of amides is 1. The lowest BCUT2D eigenvalue weighted by molar-refractivity contribution is 0.00514. The molecular weight excluding hydrogens is 408 g/mol. The molecule has 0 spiro atoms. The van der Waals surface area contributed by atoms with Gasteiger partial charge >= 0.3 is 6.09 Å². The maximum Gasteiger partial charge on any atom is 0.410 e. The Morgan fingerprint density at radius 1 is 1.16 bits per heavy atom. The summed E-state index contributed by atoms with van der Waals surface area (Å²) in [5, 5.41) is 4.18. The molecule has 0 saturated carbocycles. The van der Waals surface area contributed by atoms with E-state index >= 15 is 0 Å². The van der Waals surface area contributed by atoms with Crippen molar-refractivity contribution in [1.82, 2.24) is 19.9 Å². The summed E-state index contributed by atoms with van der Waals surface area (Å²) in [7, 11) is 1.64. The van der Waals surface area contributed by atoms with Gasteiger partial charge in [0.15, 0.2) is 0 Å². The first-order chi connectivity index (χ1) is 15.3. The summed E-state index contributed by atoms with van der Waals surface area (Å²) in [4.78, 5) is 21.8. The van der Waals surface area contributed by atoms with Crippen molar-refractivity contribution in [3.05, 3.63) is 30.2 Å². The van der Waals surface area contributed by atoms with Crippen molar-refractivity contribution in [3.8, 4) is 17.1 Å². The van der Waals surface area contributed by atoms with E-state index in [0.717, 1.165) is 50.1 Å². The molecule has 2 aromatic rings. The standard InChI is InChI=1S/C24H34N4O4/c1-24(2,3)31-23(29)28-14-8-12-20(28)19-11-5-6-13-27(19)16-21-25-22(26-32-21)17-9-7-10-18(15-17)30-4/h7,9-10,15,19-20H,5-6,8,11-14,16H2,1-4H3/t19-,20-/m1/s1. The van der Waals surface area contributed by atoms with Gasteiger partial charge < -0.3 is 18.9 Å². The number of aromatic nitrogens is 2. The van der Waals surface area contributed by atoms with Gasteiger partial charge in [-0.2, -0.15) is 4.98 Å². The van der Waals surface area contributed by atoms with Gasteiger partial charge in [0, 0.05) is 18.2 Å². The fraction of sp³-hybridized carbons (Fsp3) is 0.625. The normalized spacial score (nSPS) is 22.2. The van der Waals surface area contributed by atoms with E-state index in [0.29, 0.717) is 18.3 Å². The van der Waals surface area contributed by atoms with Crippen molar-refractivity contribution >= 4 is 6.09 Å². The Bertz CT molecular complexity index is 923. The van der Waals surface area contributed by atoms with Crippen LogP contribution >= 0.6 is 0 Å². The van der Waals surface area contributed by atoms with E-state index in [1.54, 1.807) is 7.11 Å². The summed E-state index contributed by atoms with van der Waals surface area (Å²) >= 11 is 0. The Hall–Kier alpha value is -2.61. The molecule has 2 atom stereocenters. The average molecular weight is 443 g/mol. The smallest absolute Gasteiger partial charge is 0.410 e. The van der Waals surface area contributed by atoms with Gasteiger partial charge in [0.25, 0.3) is 0 Å². The zero-order chi connectivity index (χ0) is 22.7. The lowest BCUT2D eigenvalue weighted by Gasteiger charge is -2.41. The third kappa shape index (κ3) is 5.23. The molecule has 2 aliphatic rings. The number of nitrogens with zero attached hydrogens (tertiary/aromatic N) is 4. The van der Waals surface area contributed by atoms with Gasteiger partial charge in [0.2, 0.25) is 11.7 Å². The Labute approximate surface area is 189 Å². The van der Waals surface area contributed by atoms with Crippen molar-refractivity contribution in [3.63, 3.8) is 0 Å². The summed E-state index contributed by atoms with van der Waals surface area (Å²) in [6.45, 7) is 8.04. The molecule has 1 aromatic heterocycles. The highest BCUT2D eigenvalue weighted by atomic mass is 16.6. The van der Waals surface area contributed by atoms with E-state index in [1.807, 2.05) is 49.9 Å². The van der Waals surface area contributed by atoms with Crippen molar-refractivity contribution in [2.24, 2.45) is 0 Å². The van der Waals surface area contributed by atoms with Gasteiger partial charge in [-0.05, 0) is 65.1 Å². The van der Waals surface area contributed by atoms with Crippen molar-refractivity contribution in [2.75, 3.05) is 20.2 Å². The van der Waals surface area contributed by atoms with Crippen LogP contribution in [0.2, 0.25) is 0 Å². The zero-order valence-electron chi connectivity index (χ0n) is 19.5. The molecule has 0 N–H and O–H groups in total. The monoisotopic (exact) mass is 442 g/mol. The number of hydrogen-bond acceptors (Lipinski definition) is 7. The molecule has 174 valence electrons. The highest BCUT2D eigenvalue weighted by Gasteiger charge is 2.40. The molecular formula is C24H34N4O4. The molecule has 2 fully saturated rings. The van der Waals surface area contributed by atoms with Gasteiger partial charge in [0.05, 0.1) is 19.7 Å². The number of carbonyl (C=O) groups excluding carboxylic acids is 1. The third-order valence-electron chi connectivity index (χ3n) is 6.17. The van der Waals surface area contributed by atoms with Gasteiger partial charge in [-0.1, -0.05) is 23.7 Å². The summed E-state index contributed by atoms with van der Waals surface area (Å²) in [6.07, 6.45) is 5.16.